The molecular formula is C16H14F3NO2. The molecule has 2 aromatic carbocycles. The van der Waals surface area contributed by atoms with Crippen LogP contribution in [0.3, 0.4) is 0 Å². The van der Waals surface area contributed by atoms with Crippen molar-refractivity contribution in [2.24, 2.45) is 0 Å². The van der Waals surface area contributed by atoms with Crippen LogP contribution in [0.2, 0.25) is 0 Å². The number of aryl methyl sites for hydroxylation is 1. The Morgan fingerprint density at radius 2 is 1.82 bits per heavy atom. The smallest absolute Gasteiger partial charge is 0.406 e. The van der Waals surface area contributed by atoms with Crippen LogP contribution in [0.15, 0.2) is 48.5 Å². The molecular weight excluding hydrogens is 295 g/mol. The highest BCUT2D eigenvalue weighted by molar-refractivity contribution is 5.92. The lowest BCUT2D eigenvalue weighted by Gasteiger charge is -2.10. The van der Waals surface area contributed by atoms with Crippen LogP contribution in [-0.2, 0) is 11.2 Å². The predicted molar refractivity (Wildman–Crippen MR) is 76.6 cm³/mol. The van der Waals surface area contributed by atoms with Gasteiger partial charge in [0.05, 0.1) is 6.42 Å². The number of alkyl halides is 3. The summed E-state index contributed by atoms with van der Waals surface area (Å²) in [5, 5.41) is 2.54. The molecule has 0 fully saturated rings. The van der Waals surface area contributed by atoms with E-state index in [1.807, 2.05) is 31.2 Å². The molecule has 0 radical (unpaired) electrons. The average Bonchev–Trinajstić information content (AvgIpc) is 2.40. The van der Waals surface area contributed by atoms with Gasteiger partial charge in [0.1, 0.15) is 5.75 Å². The Bertz CT molecular complexity index is 651. The zero-order valence-electron chi connectivity index (χ0n) is 11.8. The van der Waals surface area contributed by atoms with Crippen LogP contribution in [0.5, 0.6) is 5.75 Å². The summed E-state index contributed by atoms with van der Waals surface area (Å²) in [6, 6.07) is 12.6. The van der Waals surface area contributed by atoms with Gasteiger partial charge in [-0.1, -0.05) is 35.9 Å². The number of ether oxygens (including phenoxy) is 1. The number of rotatable bonds is 4. The number of carbonyl (C=O) groups excluding carboxylic acids is 1. The Hall–Kier alpha value is -2.50. The van der Waals surface area contributed by atoms with Gasteiger partial charge in [0.15, 0.2) is 0 Å². The second kappa shape index (κ2) is 6.51. The molecule has 2 rings (SSSR count). The molecule has 0 aromatic heterocycles. The fraction of sp³-hybridized carbons (Fsp3) is 0.188. The summed E-state index contributed by atoms with van der Waals surface area (Å²) < 4.78 is 40.2. The molecule has 1 N–H and O–H groups in total. The maximum absolute atomic E-state index is 12.1. The highest BCUT2D eigenvalue weighted by atomic mass is 19.4. The third kappa shape index (κ3) is 5.12. The first kappa shape index (κ1) is 15.9. The third-order valence-corrected chi connectivity index (χ3v) is 2.84. The molecule has 0 atom stereocenters. The van der Waals surface area contributed by atoms with Crippen LogP contribution in [-0.4, -0.2) is 12.3 Å². The van der Waals surface area contributed by atoms with Gasteiger partial charge >= 0.3 is 6.36 Å². The van der Waals surface area contributed by atoms with Gasteiger partial charge in [-0.15, -0.1) is 13.2 Å². The Balaban J connectivity index is 1.99. The van der Waals surface area contributed by atoms with Crippen molar-refractivity contribution in [1.82, 2.24) is 0 Å². The lowest BCUT2D eigenvalue weighted by molar-refractivity contribution is -0.274. The van der Waals surface area contributed by atoms with Crippen molar-refractivity contribution in [1.29, 1.82) is 0 Å². The fourth-order valence-electron chi connectivity index (χ4n) is 1.87. The summed E-state index contributed by atoms with van der Waals surface area (Å²) in [7, 11) is 0. The minimum absolute atomic E-state index is 0.143. The Morgan fingerprint density at radius 3 is 2.45 bits per heavy atom. The molecule has 0 heterocycles. The van der Waals surface area contributed by atoms with E-state index in [2.05, 4.69) is 10.1 Å². The molecule has 3 nitrogen and oxygen atoms in total. The van der Waals surface area contributed by atoms with Crippen LogP contribution >= 0.6 is 0 Å². The SMILES string of the molecule is Cc1ccc(CC(=O)Nc2cccc(OC(F)(F)F)c2)cc1. The van der Waals surface area contributed by atoms with Gasteiger partial charge in [0, 0.05) is 11.8 Å². The summed E-state index contributed by atoms with van der Waals surface area (Å²) in [6.45, 7) is 1.94. The van der Waals surface area contributed by atoms with Crippen molar-refractivity contribution in [3.63, 3.8) is 0 Å². The quantitative estimate of drug-likeness (QED) is 0.924. The van der Waals surface area contributed by atoms with Gasteiger partial charge < -0.3 is 10.1 Å². The van der Waals surface area contributed by atoms with E-state index in [9.17, 15) is 18.0 Å². The lowest BCUT2D eigenvalue weighted by atomic mass is 10.1. The van der Waals surface area contributed by atoms with Crippen molar-refractivity contribution in [3.05, 3.63) is 59.7 Å². The number of hydrogen-bond donors (Lipinski definition) is 1. The Labute approximate surface area is 125 Å². The first-order valence-corrected chi connectivity index (χ1v) is 6.53. The number of nitrogens with one attached hydrogen (secondary N) is 1. The maximum Gasteiger partial charge on any atom is 0.573 e. The summed E-state index contributed by atoms with van der Waals surface area (Å²) in [5.41, 5.74) is 2.16. The number of halogens is 3. The van der Waals surface area contributed by atoms with Crippen molar-refractivity contribution >= 4 is 11.6 Å². The van der Waals surface area contributed by atoms with Gasteiger partial charge in [-0.25, -0.2) is 0 Å². The second-order valence-electron chi connectivity index (χ2n) is 4.79. The largest absolute Gasteiger partial charge is 0.573 e. The zero-order chi connectivity index (χ0) is 16.2. The lowest BCUT2D eigenvalue weighted by Crippen LogP contribution is -2.18. The molecule has 22 heavy (non-hydrogen) atoms. The molecule has 0 unspecified atom stereocenters. The van der Waals surface area contributed by atoms with Gasteiger partial charge in [-0.05, 0) is 24.6 Å². The first-order chi connectivity index (χ1) is 10.3. The van der Waals surface area contributed by atoms with E-state index < -0.39 is 6.36 Å². The van der Waals surface area contributed by atoms with Crippen molar-refractivity contribution in [2.45, 2.75) is 19.7 Å². The van der Waals surface area contributed by atoms with E-state index in [4.69, 9.17) is 0 Å². The highest BCUT2D eigenvalue weighted by Crippen LogP contribution is 2.25. The molecule has 0 aliphatic rings. The van der Waals surface area contributed by atoms with Gasteiger partial charge in [0.2, 0.25) is 5.91 Å². The molecule has 0 saturated heterocycles. The van der Waals surface area contributed by atoms with E-state index in [0.717, 1.165) is 17.2 Å². The third-order valence-electron chi connectivity index (χ3n) is 2.84. The first-order valence-electron chi connectivity index (χ1n) is 6.53. The topological polar surface area (TPSA) is 38.3 Å². The Kier molecular flexibility index (Phi) is 4.70. The molecule has 0 aliphatic carbocycles. The minimum atomic E-state index is -4.76. The van der Waals surface area contributed by atoms with E-state index in [-0.39, 0.29) is 23.8 Å². The van der Waals surface area contributed by atoms with Crippen LogP contribution in [0, 0.1) is 6.92 Å². The molecule has 2 aromatic rings. The molecule has 116 valence electrons. The van der Waals surface area contributed by atoms with Crippen LogP contribution in [0.1, 0.15) is 11.1 Å². The molecule has 1 amide bonds. The number of anilines is 1. The van der Waals surface area contributed by atoms with Gasteiger partial charge in [-0.3, -0.25) is 4.79 Å². The Morgan fingerprint density at radius 1 is 1.14 bits per heavy atom. The number of benzene rings is 2. The molecule has 0 bridgehead atoms. The molecule has 0 saturated carbocycles. The van der Waals surface area contributed by atoms with E-state index in [1.54, 1.807) is 0 Å². The van der Waals surface area contributed by atoms with E-state index in [1.165, 1.54) is 18.2 Å². The second-order valence-corrected chi connectivity index (χ2v) is 4.79. The van der Waals surface area contributed by atoms with Gasteiger partial charge in [0.25, 0.3) is 0 Å². The van der Waals surface area contributed by atoms with Crippen molar-refractivity contribution in [3.8, 4) is 5.75 Å². The van der Waals surface area contributed by atoms with E-state index in [0.29, 0.717) is 0 Å². The summed E-state index contributed by atoms with van der Waals surface area (Å²) in [6.07, 6.45) is -4.62. The minimum Gasteiger partial charge on any atom is -0.406 e. The van der Waals surface area contributed by atoms with Crippen molar-refractivity contribution < 1.29 is 22.7 Å². The molecule has 0 aliphatic heterocycles. The summed E-state index contributed by atoms with van der Waals surface area (Å²) >= 11 is 0. The highest BCUT2D eigenvalue weighted by Gasteiger charge is 2.31. The fourth-order valence-corrected chi connectivity index (χ4v) is 1.87. The van der Waals surface area contributed by atoms with Crippen LogP contribution in [0.4, 0.5) is 18.9 Å². The monoisotopic (exact) mass is 309 g/mol. The summed E-state index contributed by atoms with van der Waals surface area (Å²) in [4.78, 5) is 11.9. The van der Waals surface area contributed by atoms with Crippen molar-refractivity contribution in [2.75, 3.05) is 5.32 Å². The normalized spacial score (nSPS) is 11.1. The standard InChI is InChI=1S/C16H14F3NO2/c1-11-5-7-12(8-6-11)9-15(21)20-13-3-2-4-14(10-13)22-16(17,18)19/h2-8,10H,9H2,1H3,(H,20,21). The average molecular weight is 309 g/mol. The number of carbonyl (C=O) groups is 1. The van der Waals surface area contributed by atoms with E-state index >= 15 is 0 Å². The van der Waals surface area contributed by atoms with Crippen LogP contribution < -0.4 is 10.1 Å². The summed E-state index contributed by atoms with van der Waals surface area (Å²) in [5.74, 6) is -0.686. The van der Waals surface area contributed by atoms with Crippen LogP contribution in [0.25, 0.3) is 0 Å². The zero-order valence-corrected chi connectivity index (χ0v) is 11.8. The van der Waals surface area contributed by atoms with Gasteiger partial charge in [-0.2, -0.15) is 0 Å². The predicted octanol–water partition coefficient (Wildman–Crippen LogP) is 4.07. The number of amides is 1. The number of hydrogen-bond acceptors (Lipinski definition) is 2. The molecule has 0 spiro atoms. The molecule has 6 heteroatoms. The maximum atomic E-state index is 12.1.